The fourth-order valence-corrected chi connectivity index (χ4v) is 1.45. The average Bonchev–Trinajstić information content (AvgIpc) is 2.61. The molecule has 1 aromatic rings. The van der Waals surface area contributed by atoms with Gasteiger partial charge in [-0.3, -0.25) is 0 Å². The largest absolute Gasteiger partial charge is 0.335 e. The van der Waals surface area contributed by atoms with E-state index in [1.165, 1.54) is 25.1 Å². The molecule has 1 heterocycles. The van der Waals surface area contributed by atoms with Gasteiger partial charge in [-0.1, -0.05) is 27.2 Å². The molecule has 0 N–H and O–H groups in total. The summed E-state index contributed by atoms with van der Waals surface area (Å²) in [6.45, 7) is 7.80. The van der Waals surface area contributed by atoms with Crippen LogP contribution in [-0.4, -0.2) is 9.55 Å². The molecule has 0 aliphatic heterocycles. The zero-order valence-electron chi connectivity index (χ0n) is 8.95. The lowest BCUT2D eigenvalue weighted by molar-refractivity contribution is 0.561. The quantitative estimate of drug-likeness (QED) is 0.680. The molecule has 0 amide bonds. The molecule has 2 nitrogen and oxygen atoms in total. The van der Waals surface area contributed by atoms with Gasteiger partial charge in [0.05, 0.1) is 0 Å². The van der Waals surface area contributed by atoms with Gasteiger partial charge in [0.2, 0.25) is 0 Å². The van der Waals surface area contributed by atoms with E-state index in [9.17, 15) is 0 Å². The number of nitrogens with zero attached hydrogens (tertiary/aromatic N) is 2. The lowest BCUT2D eigenvalue weighted by atomic mass is 10.1. The molecule has 0 aliphatic carbocycles. The van der Waals surface area contributed by atoms with Crippen molar-refractivity contribution >= 4 is 0 Å². The Labute approximate surface area is 81.0 Å². The minimum Gasteiger partial charge on any atom is -0.335 e. The second-order valence-electron chi connectivity index (χ2n) is 3.64. The molecular weight excluding hydrogens is 160 g/mol. The molecule has 1 rings (SSSR count). The van der Waals surface area contributed by atoms with Crippen molar-refractivity contribution in [3.05, 3.63) is 18.2 Å². The van der Waals surface area contributed by atoms with Crippen LogP contribution in [0.3, 0.4) is 0 Å². The fraction of sp³-hybridized carbons (Fsp3) is 0.727. The van der Waals surface area contributed by atoms with Crippen molar-refractivity contribution in [2.45, 2.75) is 52.5 Å². The summed E-state index contributed by atoms with van der Waals surface area (Å²) in [6.07, 6.45) is 7.68. The normalized spacial score (nSPS) is 13.2. The SMILES string of the molecule is CCCCn1ccnc1C(C)CC. The van der Waals surface area contributed by atoms with Crippen molar-refractivity contribution in [2.75, 3.05) is 0 Å². The van der Waals surface area contributed by atoms with E-state index in [1.54, 1.807) is 0 Å². The van der Waals surface area contributed by atoms with Gasteiger partial charge in [0.15, 0.2) is 0 Å². The van der Waals surface area contributed by atoms with E-state index in [2.05, 4.69) is 36.5 Å². The first-order valence-electron chi connectivity index (χ1n) is 5.30. The second-order valence-corrected chi connectivity index (χ2v) is 3.64. The van der Waals surface area contributed by atoms with E-state index in [4.69, 9.17) is 0 Å². The minimum absolute atomic E-state index is 0.590. The Balaban J connectivity index is 2.65. The first-order chi connectivity index (χ1) is 6.29. The summed E-state index contributed by atoms with van der Waals surface area (Å²) in [5.74, 6) is 1.84. The number of hydrogen-bond donors (Lipinski definition) is 0. The average molecular weight is 180 g/mol. The zero-order valence-corrected chi connectivity index (χ0v) is 8.95. The van der Waals surface area contributed by atoms with Crippen LogP contribution in [0.1, 0.15) is 51.8 Å². The van der Waals surface area contributed by atoms with E-state index in [-0.39, 0.29) is 0 Å². The smallest absolute Gasteiger partial charge is 0.111 e. The summed E-state index contributed by atoms with van der Waals surface area (Å²) >= 11 is 0. The number of rotatable bonds is 5. The molecule has 0 bridgehead atoms. The molecule has 74 valence electrons. The van der Waals surface area contributed by atoms with Crippen LogP contribution in [0.15, 0.2) is 12.4 Å². The number of imidazole rings is 1. The molecule has 1 unspecified atom stereocenters. The lowest BCUT2D eigenvalue weighted by Gasteiger charge is -2.11. The number of hydrogen-bond acceptors (Lipinski definition) is 1. The van der Waals surface area contributed by atoms with Gasteiger partial charge in [0.1, 0.15) is 5.82 Å². The predicted molar refractivity (Wildman–Crippen MR) is 55.8 cm³/mol. The zero-order chi connectivity index (χ0) is 9.68. The maximum Gasteiger partial charge on any atom is 0.111 e. The van der Waals surface area contributed by atoms with Gasteiger partial charge >= 0.3 is 0 Å². The summed E-state index contributed by atoms with van der Waals surface area (Å²) in [4.78, 5) is 4.40. The highest BCUT2D eigenvalue weighted by atomic mass is 15.1. The molecule has 0 aliphatic rings. The van der Waals surface area contributed by atoms with E-state index in [1.807, 2.05) is 6.20 Å². The summed E-state index contributed by atoms with van der Waals surface area (Å²) in [6, 6.07) is 0. The van der Waals surface area contributed by atoms with Gasteiger partial charge in [-0.15, -0.1) is 0 Å². The third kappa shape index (κ3) is 2.58. The summed E-state index contributed by atoms with van der Waals surface area (Å²) < 4.78 is 2.29. The van der Waals surface area contributed by atoms with Crippen LogP contribution in [0.5, 0.6) is 0 Å². The highest BCUT2D eigenvalue weighted by Crippen LogP contribution is 2.16. The predicted octanol–water partition coefficient (Wildman–Crippen LogP) is 3.20. The lowest BCUT2D eigenvalue weighted by Crippen LogP contribution is -2.06. The molecule has 1 aromatic heterocycles. The number of aryl methyl sites for hydroxylation is 1. The third-order valence-electron chi connectivity index (χ3n) is 2.55. The summed E-state index contributed by atoms with van der Waals surface area (Å²) in [5.41, 5.74) is 0. The van der Waals surface area contributed by atoms with Crippen molar-refractivity contribution < 1.29 is 0 Å². The molecule has 1 atom stereocenters. The van der Waals surface area contributed by atoms with Crippen LogP contribution in [0.25, 0.3) is 0 Å². The van der Waals surface area contributed by atoms with Crippen LogP contribution in [0.4, 0.5) is 0 Å². The Bertz CT molecular complexity index is 240. The van der Waals surface area contributed by atoms with Gasteiger partial charge in [0, 0.05) is 24.9 Å². The Kier molecular flexibility index (Phi) is 4.00. The Morgan fingerprint density at radius 1 is 1.46 bits per heavy atom. The maximum atomic E-state index is 4.40. The topological polar surface area (TPSA) is 17.8 Å². The molecule has 0 spiro atoms. The Morgan fingerprint density at radius 2 is 2.23 bits per heavy atom. The number of aromatic nitrogens is 2. The van der Waals surface area contributed by atoms with Crippen LogP contribution in [-0.2, 0) is 6.54 Å². The first-order valence-corrected chi connectivity index (χ1v) is 5.30. The van der Waals surface area contributed by atoms with Gasteiger partial charge in [0.25, 0.3) is 0 Å². The highest BCUT2D eigenvalue weighted by molar-refractivity contribution is 4.98. The van der Waals surface area contributed by atoms with Crippen LogP contribution in [0.2, 0.25) is 0 Å². The minimum atomic E-state index is 0.590. The standard InChI is InChI=1S/C11H20N2/c1-4-6-8-13-9-7-12-11(13)10(3)5-2/h7,9-10H,4-6,8H2,1-3H3. The van der Waals surface area contributed by atoms with Gasteiger partial charge in [-0.25, -0.2) is 4.98 Å². The second kappa shape index (κ2) is 5.05. The molecule has 0 radical (unpaired) electrons. The van der Waals surface area contributed by atoms with Crippen molar-refractivity contribution in [2.24, 2.45) is 0 Å². The third-order valence-corrected chi connectivity index (χ3v) is 2.55. The Morgan fingerprint density at radius 3 is 2.85 bits per heavy atom. The Hall–Kier alpha value is -0.790. The summed E-state index contributed by atoms with van der Waals surface area (Å²) in [7, 11) is 0. The highest BCUT2D eigenvalue weighted by Gasteiger charge is 2.08. The van der Waals surface area contributed by atoms with Crippen LogP contribution >= 0.6 is 0 Å². The van der Waals surface area contributed by atoms with Crippen molar-refractivity contribution in [1.29, 1.82) is 0 Å². The van der Waals surface area contributed by atoms with Crippen molar-refractivity contribution in [1.82, 2.24) is 9.55 Å². The van der Waals surface area contributed by atoms with Gasteiger partial charge in [-0.2, -0.15) is 0 Å². The maximum absolute atomic E-state index is 4.40. The molecule has 0 saturated carbocycles. The van der Waals surface area contributed by atoms with Gasteiger partial charge in [-0.05, 0) is 12.8 Å². The molecular formula is C11H20N2. The summed E-state index contributed by atoms with van der Waals surface area (Å²) in [5, 5.41) is 0. The molecule has 2 heteroatoms. The van der Waals surface area contributed by atoms with Crippen molar-refractivity contribution in [3.8, 4) is 0 Å². The van der Waals surface area contributed by atoms with Crippen LogP contribution < -0.4 is 0 Å². The van der Waals surface area contributed by atoms with E-state index >= 15 is 0 Å². The molecule has 0 aromatic carbocycles. The van der Waals surface area contributed by atoms with Crippen LogP contribution in [0, 0.1) is 0 Å². The van der Waals surface area contributed by atoms with E-state index < -0.39 is 0 Å². The first kappa shape index (κ1) is 10.3. The van der Waals surface area contributed by atoms with E-state index in [0.29, 0.717) is 5.92 Å². The van der Waals surface area contributed by atoms with E-state index in [0.717, 1.165) is 6.54 Å². The van der Waals surface area contributed by atoms with Crippen molar-refractivity contribution in [3.63, 3.8) is 0 Å². The number of unbranched alkanes of at least 4 members (excludes halogenated alkanes) is 1. The fourth-order valence-electron chi connectivity index (χ4n) is 1.45. The molecule has 0 saturated heterocycles. The molecule has 13 heavy (non-hydrogen) atoms. The molecule has 0 fully saturated rings. The monoisotopic (exact) mass is 180 g/mol. The van der Waals surface area contributed by atoms with Gasteiger partial charge < -0.3 is 4.57 Å².